The summed E-state index contributed by atoms with van der Waals surface area (Å²) in [7, 11) is 3.59. The smallest absolute Gasteiger partial charge is 0.167 e. The van der Waals surface area contributed by atoms with E-state index in [1.807, 2.05) is 11.6 Å². The number of hydrogen-bond acceptors (Lipinski definition) is 5. The molecular weight excluding hydrogens is 304 g/mol. The lowest BCUT2D eigenvalue weighted by Gasteiger charge is -2.33. The Kier molecular flexibility index (Phi) is 4.75. The van der Waals surface area contributed by atoms with Crippen LogP contribution in [0, 0.1) is 0 Å². The van der Waals surface area contributed by atoms with Crippen LogP contribution in [0.15, 0.2) is 6.20 Å². The summed E-state index contributed by atoms with van der Waals surface area (Å²) in [5, 5.41) is 7.97. The number of methoxy groups -OCH3 is 1. The molecule has 1 aliphatic rings. The second-order valence-corrected chi connectivity index (χ2v) is 6.00. The number of ether oxygens (including phenoxy) is 1. The number of hydrogen-bond donors (Lipinski definition) is 1. The molecule has 0 radical (unpaired) electrons. The molecule has 0 aromatic carbocycles. The zero-order valence-corrected chi connectivity index (χ0v) is 13.7. The number of nitrogens with zero attached hydrogens (tertiary/aromatic N) is 5. The van der Waals surface area contributed by atoms with E-state index in [4.69, 9.17) is 16.3 Å². The number of nitrogens with one attached hydrogen (secondary N) is 1. The van der Waals surface area contributed by atoms with Crippen LogP contribution in [-0.2, 0) is 24.9 Å². The van der Waals surface area contributed by atoms with E-state index in [2.05, 4.69) is 25.1 Å². The van der Waals surface area contributed by atoms with Gasteiger partial charge < -0.3 is 9.30 Å². The molecule has 3 heterocycles. The first-order valence-electron chi connectivity index (χ1n) is 7.49. The van der Waals surface area contributed by atoms with Crippen molar-refractivity contribution in [2.45, 2.75) is 38.5 Å². The van der Waals surface area contributed by atoms with Crippen molar-refractivity contribution in [3.8, 4) is 0 Å². The highest BCUT2D eigenvalue weighted by Crippen LogP contribution is 2.30. The molecule has 0 amide bonds. The lowest BCUT2D eigenvalue weighted by molar-refractivity contribution is 0.129. The van der Waals surface area contributed by atoms with Crippen molar-refractivity contribution < 1.29 is 4.74 Å². The van der Waals surface area contributed by atoms with Gasteiger partial charge in [0.1, 0.15) is 17.6 Å². The number of piperidine rings is 1. The van der Waals surface area contributed by atoms with Crippen LogP contribution in [0.5, 0.6) is 0 Å². The number of rotatable bonds is 5. The zero-order chi connectivity index (χ0) is 15.5. The van der Waals surface area contributed by atoms with Gasteiger partial charge in [-0.15, -0.1) is 0 Å². The van der Waals surface area contributed by atoms with Crippen molar-refractivity contribution in [2.24, 2.45) is 7.05 Å². The summed E-state index contributed by atoms with van der Waals surface area (Å²) in [6.07, 6.45) is 5.13. The number of aromatic nitrogens is 5. The number of likely N-dealkylation sites (tertiary alicyclic amines) is 1. The highest BCUT2D eigenvalue weighted by molar-refractivity contribution is 6.29. The van der Waals surface area contributed by atoms with Crippen LogP contribution in [0.1, 0.15) is 42.8 Å². The van der Waals surface area contributed by atoms with Crippen LogP contribution in [0.2, 0.25) is 5.15 Å². The summed E-state index contributed by atoms with van der Waals surface area (Å²) in [4.78, 5) is 11.3. The molecule has 1 fully saturated rings. The highest BCUT2D eigenvalue weighted by atomic mass is 35.5. The number of aromatic amines is 1. The first kappa shape index (κ1) is 15.5. The van der Waals surface area contributed by atoms with E-state index in [0.29, 0.717) is 11.8 Å². The summed E-state index contributed by atoms with van der Waals surface area (Å²) in [5.74, 6) is 2.57. The average molecular weight is 325 g/mol. The van der Waals surface area contributed by atoms with E-state index in [1.54, 1.807) is 13.3 Å². The Morgan fingerprint density at radius 1 is 1.45 bits per heavy atom. The molecule has 120 valence electrons. The maximum Gasteiger partial charge on any atom is 0.167 e. The van der Waals surface area contributed by atoms with Crippen LogP contribution < -0.4 is 0 Å². The predicted octanol–water partition coefficient (Wildman–Crippen LogP) is 2.07. The van der Waals surface area contributed by atoms with Crippen molar-refractivity contribution >= 4 is 11.6 Å². The molecule has 1 unspecified atom stereocenters. The van der Waals surface area contributed by atoms with Crippen LogP contribution in [0.25, 0.3) is 0 Å². The largest absolute Gasteiger partial charge is 0.377 e. The Bertz CT molecular complexity index is 625. The van der Waals surface area contributed by atoms with Gasteiger partial charge in [0.25, 0.3) is 0 Å². The van der Waals surface area contributed by atoms with Gasteiger partial charge in [-0.1, -0.05) is 18.0 Å². The molecule has 8 heteroatoms. The fourth-order valence-electron chi connectivity index (χ4n) is 2.89. The topological polar surface area (TPSA) is 71.9 Å². The molecule has 0 aliphatic carbocycles. The lowest BCUT2D eigenvalue weighted by atomic mass is 10.0. The maximum atomic E-state index is 6.08. The molecule has 22 heavy (non-hydrogen) atoms. The molecule has 1 N–H and O–H groups in total. The number of imidazole rings is 1. The molecule has 2 aromatic heterocycles. The minimum Gasteiger partial charge on any atom is -0.377 e. The fraction of sp³-hybridized carbons (Fsp3) is 0.643. The van der Waals surface area contributed by atoms with E-state index in [0.717, 1.165) is 37.0 Å². The van der Waals surface area contributed by atoms with Crippen molar-refractivity contribution in [3.63, 3.8) is 0 Å². The van der Waals surface area contributed by atoms with Crippen LogP contribution in [-0.4, -0.2) is 43.3 Å². The molecule has 0 saturated carbocycles. The zero-order valence-electron chi connectivity index (χ0n) is 12.9. The second kappa shape index (κ2) is 6.76. The van der Waals surface area contributed by atoms with Gasteiger partial charge in [0.15, 0.2) is 11.6 Å². The van der Waals surface area contributed by atoms with E-state index < -0.39 is 0 Å². The third-order valence-electron chi connectivity index (χ3n) is 4.11. The van der Waals surface area contributed by atoms with Crippen LogP contribution >= 0.6 is 11.6 Å². The normalized spacial score (nSPS) is 19.7. The number of H-pyrrole nitrogens is 1. The van der Waals surface area contributed by atoms with Crippen molar-refractivity contribution in [3.05, 3.63) is 28.8 Å². The molecule has 1 aliphatic heterocycles. The van der Waals surface area contributed by atoms with Gasteiger partial charge in [0, 0.05) is 14.2 Å². The summed E-state index contributed by atoms with van der Waals surface area (Å²) in [6.45, 7) is 2.22. The van der Waals surface area contributed by atoms with Gasteiger partial charge in [-0.2, -0.15) is 5.10 Å². The minimum absolute atomic E-state index is 0.214. The molecule has 3 rings (SSSR count). The van der Waals surface area contributed by atoms with Crippen molar-refractivity contribution in [1.29, 1.82) is 0 Å². The maximum absolute atomic E-state index is 6.08. The Hall–Kier alpha value is -1.44. The first-order valence-corrected chi connectivity index (χ1v) is 7.87. The Morgan fingerprint density at radius 2 is 2.32 bits per heavy atom. The van der Waals surface area contributed by atoms with Crippen LogP contribution in [0.3, 0.4) is 0 Å². The van der Waals surface area contributed by atoms with Crippen LogP contribution in [0.4, 0.5) is 0 Å². The lowest BCUT2D eigenvalue weighted by Crippen LogP contribution is -2.34. The molecule has 2 aromatic rings. The predicted molar refractivity (Wildman–Crippen MR) is 82.3 cm³/mol. The fourth-order valence-corrected chi connectivity index (χ4v) is 3.03. The summed E-state index contributed by atoms with van der Waals surface area (Å²) < 4.78 is 7.01. The standard InChI is InChI=1S/C14H21ClN6O/c1-20-11(15)7-16-13(20)8-21-6-4-3-5-10(21)14-17-12(9-22-2)18-19-14/h7,10H,3-6,8-9H2,1-2H3,(H,17,18,19). The van der Waals surface area contributed by atoms with Gasteiger partial charge in [-0.25, -0.2) is 9.97 Å². The third-order valence-corrected chi connectivity index (χ3v) is 4.47. The average Bonchev–Trinajstić information content (AvgIpc) is 3.10. The van der Waals surface area contributed by atoms with E-state index >= 15 is 0 Å². The van der Waals surface area contributed by atoms with Gasteiger partial charge in [0.05, 0.1) is 18.8 Å². The first-order chi connectivity index (χ1) is 10.7. The van der Waals surface area contributed by atoms with Gasteiger partial charge in [-0.3, -0.25) is 10.00 Å². The molecule has 0 bridgehead atoms. The Balaban J connectivity index is 1.77. The SMILES string of the molecule is COCc1nc(C2CCCCN2Cc2ncc(Cl)n2C)n[nH]1. The highest BCUT2D eigenvalue weighted by Gasteiger charge is 2.28. The Morgan fingerprint density at radius 3 is 3.05 bits per heavy atom. The van der Waals surface area contributed by atoms with Crippen molar-refractivity contribution in [1.82, 2.24) is 29.6 Å². The van der Waals surface area contributed by atoms with E-state index in [-0.39, 0.29) is 6.04 Å². The quantitative estimate of drug-likeness (QED) is 0.911. The summed E-state index contributed by atoms with van der Waals surface area (Å²) in [6, 6.07) is 0.214. The molecule has 1 atom stereocenters. The monoisotopic (exact) mass is 324 g/mol. The molecule has 1 saturated heterocycles. The molecular formula is C14H21ClN6O. The summed E-state index contributed by atoms with van der Waals surface area (Å²) in [5.41, 5.74) is 0. The third kappa shape index (κ3) is 3.16. The Labute approximate surface area is 134 Å². The molecule has 0 spiro atoms. The van der Waals surface area contributed by atoms with E-state index in [9.17, 15) is 0 Å². The van der Waals surface area contributed by atoms with Crippen molar-refractivity contribution in [2.75, 3.05) is 13.7 Å². The molecule has 7 nitrogen and oxygen atoms in total. The number of halogens is 1. The van der Waals surface area contributed by atoms with Gasteiger partial charge >= 0.3 is 0 Å². The van der Waals surface area contributed by atoms with Gasteiger partial charge in [-0.05, 0) is 19.4 Å². The minimum atomic E-state index is 0.214. The summed E-state index contributed by atoms with van der Waals surface area (Å²) >= 11 is 6.08. The van der Waals surface area contributed by atoms with Gasteiger partial charge in [0.2, 0.25) is 0 Å². The second-order valence-electron chi connectivity index (χ2n) is 5.61. The van der Waals surface area contributed by atoms with E-state index in [1.165, 1.54) is 12.8 Å².